The molecule has 12 heavy (non-hydrogen) atoms. The van der Waals surface area contributed by atoms with Crippen LogP contribution in [0.3, 0.4) is 0 Å². The third-order valence-electron chi connectivity index (χ3n) is 0.622. The number of hydrogen-bond acceptors (Lipinski definition) is 2. The van der Waals surface area contributed by atoms with Crippen molar-refractivity contribution < 1.29 is 12.1 Å². The molecule has 0 atom stereocenters. The van der Waals surface area contributed by atoms with Crippen LogP contribution in [0.1, 0.15) is 16.6 Å². The molecule has 0 aliphatic carbocycles. The summed E-state index contributed by atoms with van der Waals surface area (Å²) >= 11 is 0. The molecule has 2 nitrogen and oxygen atoms in total. The van der Waals surface area contributed by atoms with Gasteiger partial charge in [-0.2, -0.15) is 0 Å². The monoisotopic (exact) mass is 166 g/mol. The van der Waals surface area contributed by atoms with Crippen molar-refractivity contribution in [2.45, 2.75) is 13.8 Å². The van der Waals surface area contributed by atoms with E-state index in [0.29, 0.717) is 13.2 Å². The van der Waals surface area contributed by atoms with Crippen LogP contribution < -0.4 is 0 Å². The lowest BCUT2D eigenvalue weighted by Gasteiger charge is -1.91. The smallest absolute Gasteiger partial charge is 0.283 e. The topological polar surface area (TPSA) is 18.5 Å². The second-order valence-corrected chi connectivity index (χ2v) is 2.31. The molecular weight excluding hydrogens is 150 g/mol. The van der Waals surface area contributed by atoms with Gasteiger partial charge in [0.05, 0.1) is 2.74 Å². The molecule has 64 valence electrons. The van der Waals surface area contributed by atoms with E-state index in [0.717, 1.165) is 11.1 Å². The number of rotatable bonds is 4. The second kappa shape index (κ2) is 10.5. The maximum absolute atomic E-state index is 6.61. The van der Waals surface area contributed by atoms with Crippen LogP contribution in [0.25, 0.3) is 0 Å². The molecule has 0 aromatic rings. The Labute approximate surface area is 80.3 Å². The Bertz CT molecular complexity index is 164. The molecular formula is C8H14B2O2. The van der Waals surface area contributed by atoms with Crippen LogP contribution in [0, 0.1) is 0 Å². The van der Waals surface area contributed by atoms with Crippen molar-refractivity contribution >= 4 is 16.1 Å². The molecule has 0 unspecified atom stereocenters. The van der Waals surface area contributed by atoms with E-state index in [1.54, 1.807) is 13.8 Å². The predicted octanol–water partition coefficient (Wildman–Crippen LogP) is 1.33. The molecule has 0 amide bonds. The highest BCUT2D eigenvalue weighted by molar-refractivity contribution is 5.98. The SMILES string of the molecule is [2H]C=C(C)CO[B].[2H]C=C(C)CO[B]. The van der Waals surface area contributed by atoms with Gasteiger partial charge in [-0.15, -0.1) is 0 Å². The van der Waals surface area contributed by atoms with Crippen molar-refractivity contribution in [3.05, 3.63) is 24.3 Å². The van der Waals surface area contributed by atoms with Gasteiger partial charge in [0.25, 0.3) is 16.1 Å². The van der Waals surface area contributed by atoms with Crippen LogP contribution in [0.15, 0.2) is 24.3 Å². The van der Waals surface area contributed by atoms with Gasteiger partial charge in [0, 0.05) is 13.2 Å². The van der Waals surface area contributed by atoms with Crippen molar-refractivity contribution in [2.24, 2.45) is 0 Å². The molecule has 0 heterocycles. The first-order valence-corrected chi connectivity index (χ1v) is 3.33. The molecule has 0 saturated heterocycles. The molecule has 0 bridgehead atoms. The molecule has 0 rings (SSSR count). The van der Waals surface area contributed by atoms with Crippen molar-refractivity contribution in [1.29, 1.82) is 0 Å². The highest BCUT2D eigenvalue weighted by atomic mass is 16.4. The number of hydrogen-bond donors (Lipinski definition) is 0. The van der Waals surface area contributed by atoms with E-state index in [4.69, 9.17) is 2.74 Å². The normalized spacial score (nSPS) is 14.2. The second-order valence-electron chi connectivity index (χ2n) is 2.31. The summed E-state index contributed by atoms with van der Waals surface area (Å²) in [6, 6.07) is 0. The van der Waals surface area contributed by atoms with Gasteiger partial charge in [-0.05, 0) is 13.8 Å². The van der Waals surface area contributed by atoms with E-state index >= 15 is 0 Å². The van der Waals surface area contributed by atoms with Crippen LogP contribution >= 0.6 is 0 Å². The Morgan fingerprint density at radius 1 is 1.17 bits per heavy atom. The molecule has 4 radical (unpaired) electrons. The van der Waals surface area contributed by atoms with Gasteiger partial charge in [0.15, 0.2) is 0 Å². The zero-order chi connectivity index (χ0) is 11.4. The van der Waals surface area contributed by atoms with Gasteiger partial charge in [-0.25, -0.2) is 0 Å². The summed E-state index contributed by atoms with van der Waals surface area (Å²) in [5.74, 6) is 0. The van der Waals surface area contributed by atoms with Gasteiger partial charge >= 0.3 is 0 Å². The standard InChI is InChI=1S/2C4H7BO/c2*1-4(2)3-6-5/h2*1,3H2,2H3/i2*1D. The Balaban J connectivity index is 0. The molecule has 0 saturated carbocycles. The van der Waals surface area contributed by atoms with Crippen LogP contribution in [-0.4, -0.2) is 29.3 Å². The molecule has 0 aliphatic heterocycles. The van der Waals surface area contributed by atoms with Crippen LogP contribution in [0.5, 0.6) is 0 Å². The van der Waals surface area contributed by atoms with Crippen molar-refractivity contribution in [3.8, 4) is 0 Å². The first-order valence-electron chi connectivity index (χ1n) is 4.49. The van der Waals surface area contributed by atoms with E-state index in [9.17, 15) is 0 Å². The fraction of sp³-hybridized carbons (Fsp3) is 0.500. The molecule has 4 heteroatoms. The molecule has 0 N–H and O–H groups in total. The summed E-state index contributed by atoms with van der Waals surface area (Å²) in [5, 5.41) is 0. The van der Waals surface area contributed by atoms with E-state index < -0.39 is 0 Å². The van der Waals surface area contributed by atoms with Gasteiger partial charge in [-0.3, -0.25) is 0 Å². The third-order valence-corrected chi connectivity index (χ3v) is 0.622. The molecule has 0 fully saturated rings. The van der Waals surface area contributed by atoms with Crippen LogP contribution in [0.4, 0.5) is 0 Å². The summed E-state index contributed by atoms with van der Waals surface area (Å²) in [7, 11) is 9.36. The molecule has 0 aromatic heterocycles. The first-order chi connectivity index (χ1) is 6.62. The van der Waals surface area contributed by atoms with Crippen molar-refractivity contribution in [3.63, 3.8) is 0 Å². The van der Waals surface area contributed by atoms with Gasteiger partial charge < -0.3 is 9.31 Å². The fourth-order valence-electron chi connectivity index (χ4n) is 0.263. The Morgan fingerprint density at radius 2 is 1.50 bits per heavy atom. The fourth-order valence-corrected chi connectivity index (χ4v) is 0.263. The van der Waals surface area contributed by atoms with Gasteiger partial charge in [0.2, 0.25) is 0 Å². The highest BCUT2D eigenvalue weighted by Gasteiger charge is 1.75. The lowest BCUT2D eigenvalue weighted by Crippen LogP contribution is -1.87. The average molecular weight is 166 g/mol. The third kappa shape index (κ3) is 22.7. The molecule has 0 aliphatic rings. The Morgan fingerprint density at radius 3 is 1.58 bits per heavy atom. The maximum Gasteiger partial charge on any atom is 0.283 e. The Hall–Kier alpha value is -0.470. The van der Waals surface area contributed by atoms with Crippen molar-refractivity contribution in [2.75, 3.05) is 13.2 Å². The van der Waals surface area contributed by atoms with Crippen LogP contribution in [0.2, 0.25) is 0 Å². The first kappa shape index (κ1) is 9.62. The highest BCUT2D eigenvalue weighted by Crippen LogP contribution is 1.82. The maximum atomic E-state index is 6.61. The minimum Gasteiger partial charge on any atom is -0.444 e. The van der Waals surface area contributed by atoms with E-state index in [2.05, 4.69) is 25.4 Å². The minimum absolute atomic E-state index is 0.351. The van der Waals surface area contributed by atoms with Crippen molar-refractivity contribution in [1.82, 2.24) is 0 Å². The Kier molecular flexibility index (Phi) is 8.44. The summed E-state index contributed by atoms with van der Waals surface area (Å²) < 4.78 is 21.6. The molecule has 0 spiro atoms. The summed E-state index contributed by atoms with van der Waals surface area (Å²) in [6.07, 6.45) is 0. The van der Waals surface area contributed by atoms with Gasteiger partial charge in [-0.1, -0.05) is 24.3 Å². The quantitative estimate of drug-likeness (QED) is 0.463. The summed E-state index contributed by atoms with van der Waals surface area (Å²) in [6.45, 7) is 6.69. The zero-order valence-corrected chi connectivity index (χ0v) is 7.54. The minimum atomic E-state index is 0.351. The average Bonchev–Trinajstić information content (AvgIpc) is 2.19. The molecule has 0 aromatic carbocycles. The predicted molar refractivity (Wildman–Crippen MR) is 53.0 cm³/mol. The zero-order valence-electron chi connectivity index (χ0n) is 9.54. The van der Waals surface area contributed by atoms with Crippen LogP contribution in [-0.2, 0) is 9.31 Å². The van der Waals surface area contributed by atoms with E-state index in [1.807, 2.05) is 0 Å². The lowest BCUT2D eigenvalue weighted by molar-refractivity contribution is 0.389. The van der Waals surface area contributed by atoms with E-state index in [1.165, 1.54) is 13.1 Å². The summed E-state index contributed by atoms with van der Waals surface area (Å²) in [5.41, 5.74) is 1.64. The van der Waals surface area contributed by atoms with Gasteiger partial charge in [0.1, 0.15) is 0 Å². The largest absolute Gasteiger partial charge is 0.444 e. The summed E-state index contributed by atoms with van der Waals surface area (Å²) in [4.78, 5) is 0. The lowest BCUT2D eigenvalue weighted by atomic mass is 10.4. The van der Waals surface area contributed by atoms with E-state index in [-0.39, 0.29) is 0 Å².